The topological polar surface area (TPSA) is 20.2 Å². The first-order chi connectivity index (χ1) is 8.88. The normalized spacial score (nSPS) is 12.5. The minimum absolute atomic E-state index is 0.230. The van der Waals surface area contributed by atoms with Crippen LogP contribution in [0.25, 0.3) is 0 Å². The summed E-state index contributed by atoms with van der Waals surface area (Å²) in [5.41, 5.74) is 2.72. The van der Waals surface area contributed by atoms with Crippen LogP contribution in [0.1, 0.15) is 28.4 Å². The first kappa shape index (κ1) is 14.5. The van der Waals surface area contributed by atoms with Gasteiger partial charge in [-0.25, -0.2) is 4.39 Å². The van der Waals surface area contributed by atoms with Gasteiger partial charge in [0.1, 0.15) is 11.9 Å². The van der Waals surface area contributed by atoms with Crippen LogP contribution in [-0.2, 0) is 0 Å². The molecule has 100 valence electrons. The molecule has 0 aromatic heterocycles. The van der Waals surface area contributed by atoms with Gasteiger partial charge in [-0.15, -0.1) is 0 Å². The lowest BCUT2D eigenvalue weighted by molar-refractivity contribution is 0.220. The molecule has 0 aliphatic carbocycles. The number of hydrogen-bond acceptors (Lipinski definition) is 1. The summed E-state index contributed by atoms with van der Waals surface area (Å²) < 4.78 is 14.3. The van der Waals surface area contributed by atoms with Crippen molar-refractivity contribution >= 4 is 27.5 Å². The number of rotatable bonds is 2. The Morgan fingerprint density at radius 1 is 1.16 bits per heavy atom. The summed E-state index contributed by atoms with van der Waals surface area (Å²) in [5.74, 6) is -0.369. The van der Waals surface area contributed by atoms with Gasteiger partial charge in [0, 0.05) is 15.1 Å². The van der Waals surface area contributed by atoms with E-state index >= 15 is 0 Å². The van der Waals surface area contributed by atoms with Gasteiger partial charge < -0.3 is 5.11 Å². The third-order valence-corrected chi connectivity index (χ3v) is 3.74. The summed E-state index contributed by atoms with van der Waals surface area (Å²) >= 11 is 9.41. The third-order valence-electron chi connectivity index (χ3n) is 2.95. The Hall–Kier alpha value is -0.900. The summed E-state index contributed by atoms with van der Waals surface area (Å²) in [6, 6.07) is 8.48. The Labute approximate surface area is 125 Å². The van der Waals surface area contributed by atoms with Crippen molar-refractivity contribution in [2.24, 2.45) is 0 Å². The Bertz CT molecular complexity index is 608. The van der Waals surface area contributed by atoms with Crippen molar-refractivity contribution in [1.82, 2.24) is 0 Å². The van der Waals surface area contributed by atoms with Crippen molar-refractivity contribution < 1.29 is 9.50 Å². The van der Waals surface area contributed by atoms with Gasteiger partial charge in [-0.2, -0.15) is 0 Å². The largest absolute Gasteiger partial charge is 0.384 e. The molecular weight excluding hydrogens is 331 g/mol. The molecule has 2 aromatic carbocycles. The smallest absolute Gasteiger partial charge is 0.127 e. The van der Waals surface area contributed by atoms with Crippen molar-refractivity contribution in [2.45, 2.75) is 20.0 Å². The van der Waals surface area contributed by atoms with Crippen LogP contribution in [-0.4, -0.2) is 5.11 Å². The van der Waals surface area contributed by atoms with E-state index in [0.717, 1.165) is 15.6 Å². The second-order valence-electron chi connectivity index (χ2n) is 4.59. The Balaban J connectivity index is 2.49. The molecule has 2 rings (SSSR count). The fourth-order valence-corrected chi connectivity index (χ4v) is 2.87. The molecule has 1 nitrogen and oxygen atoms in total. The molecule has 1 unspecified atom stereocenters. The number of halogens is 3. The van der Waals surface area contributed by atoms with Crippen LogP contribution in [0.3, 0.4) is 0 Å². The monoisotopic (exact) mass is 342 g/mol. The lowest BCUT2D eigenvalue weighted by Gasteiger charge is -2.15. The summed E-state index contributed by atoms with van der Waals surface area (Å²) in [7, 11) is 0. The average molecular weight is 344 g/mol. The number of benzene rings is 2. The number of aliphatic hydroxyl groups is 1. The van der Waals surface area contributed by atoms with Crippen molar-refractivity contribution in [3.63, 3.8) is 0 Å². The number of aliphatic hydroxyl groups excluding tert-OH is 1. The van der Waals surface area contributed by atoms with E-state index in [-0.39, 0.29) is 10.8 Å². The highest BCUT2D eigenvalue weighted by atomic mass is 79.9. The molecule has 0 aliphatic rings. The average Bonchev–Trinajstić information content (AvgIpc) is 2.31. The molecule has 1 N–H and O–H groups in total. The van der Waals surface area contributed by atoms with Crippen LogP contribution in [0, 0.1) is 19.7 Å². The van der Waals surface area contributed by atoms with E-state index in [2.05, 4.69) is 15.9 Å². The van der Waals surface area contributed by atoms with Crippen molar-refractivity contribution in [2.75, 3.05) is 0 Å². The predicted octanol–water partition coefficient (Wildman–Crippen LogP) is 4.94. The molecule has 0 heterocycles. The van der Waals surface area contributed by atoms with Crippen LogP contribution in [0.2, 0.25) is 5.02 Å². The molecule has 0 radical (unpaired) electrons. The molecule has 19 heavy (non-hydrogen) atoms. The molecule has 0 fully saturated rings. The molecule has 0 aliphatic heterocycles. The summed E-state index contributed by atoms with van der Waals surface area (Å²) in [6.45, 7) is 3.59. The molecule has 0 saturated carbocycles. The number of hydrogen-bond donors (Lipinski definition) is 1. The van der Waals surface area contributed by atoms with Gasteiger partial charge in [0.05, 0.1) is 0 Å². The fourth-order valence-electron chi connectivity index (χ4n) is 1.99. The molecule has 2 aromatic rings. The summed E-state index contributed by atoms with van der Waals surface area (Å²) in [6.07, 6.45) is -0.872. The maximum Gasteiger partial charge on any atom is 0.127 e. The fraction of sp³-hybridized carbons (Fsp3) is 0.200. The van der Waals surface area contributed by atoms with Crippen molar-refractivity contribution in [3.05, 3.63) is 67.9 Å². The molecule has 0 amide bonds. The van der Waals surface area contributed by atoms with E-state index in [9.17, 15) is 9.50 Å². The van der Waals surface area contributed by atoms with Gasteiger partial charge in [0.15, 0.2) is 0 Å². The van der Waals surface area contributed by atoms with Gasteiger partial charge in [0.25, 0.3) is 0 Å². The highest BCUT2D eigenvalue weighted by Gasteiger charge is 2.16. The minimum Gasteiger partial charge on any atom is -0.384 e. The summed E-state index contributed by atoms with van der Waals surface area (Å²) in [5, 5.41) is 10.6. The Morgan fingerprint density at radius 2 is 1.84 bits per heavy atom. The molecule has 1 atom stereocenters. The second-order valence-corrected chi connectivity index (χ2v) is 5.91. The first-order valence-electron chi connectivity index (χ1n) is 5.79. The van der Waals surface area contributed by atoms with E-state index in [0.29, 0.717) is 11.1 Å². The van der Waals surface area contributed by atoms with Crippen LogP contribution in [0.5, 0.6) is 0 Å². The molecule has 0 bridgehead atoms. The van der Waals surface area contributed by atoms with Gasteiger partial charge in [-0.05, 0) is 54.8 Å². The van der Waals surface area contributed by atoms with E-state index in [1.54, 1.807) is 13.0 Å². The standard InChI is InChI=1S/C15H13BrClFO/c1-8-3-10(6-11(16)4-8)15(19)12-5-9(2)14(18)7-13(12)17/h3-7,15,19H,1-2H3. The lowest BCUT2D eigenvalue weighted by Crippen LogP contribution is -2.02. The molecule has 4 heteroatoms. The Morgan fingerprint density at radius 3 is 2.47 bits per heavy atom. The van der Waals surface area contributed by atoms with Gasteiger partial charge >= 0.3 is 0 Å². The van der Waals surface area contributed by atoms with Crippen LogP contribution in [0.15, 0.2) is 34.8 Å². The SMILES string of the molecule is Cc1cc(Br)cc(C(O)c2cc(C)c(F)cc2Cl)c1. The van der Waals surface area contributed by atoms with E-state index < -0.39 is 6.10 Å². The van der Waals surface area contributed by atoms with Gasteiger partial charge in [-0.1, -0.05) is 33.6 Å². The van der Waals surface area contributed by atoms with Crippen LogP contribution < -0.4 is 0 Å². The number of aryl methyl sites for hydroxylation is 2. The zero-order chi connectivity index (χ0) is 14.2. The van der Waals surface area contributed by atoms with Crippen molar-refractivity contribution in [1.29, 1.82) is 0 Å². The van der Waals surface area contributed by atoms with E-state index in [1.165, 1.54) is 6.07 Å². The Kier molecular flexibility index (Phi) is 4.29. The lowest BCUT2D eigenvalue weighted by atomic mass is 9.98. The molecular formula is C15H13BrClFO. The van der Waals surface area contributed by atoms with Crippen LogP contribution >= 0.6 is 27.5 Å². The second kappa shape index (κ2) is 5.61. The zero-order valence-corrected chi connectivity index (χ0v) is 12.9. The van der Waals surface area contributed by atoms with Crippen LogP contribution in [0.4, 0.5) is 4.39 Å². The van der Waals surface area contributed by atoms with Crippen molar-refractivity contribution in [3.8, 4) is 0 Å². The third kappa shape index (κ3) is 3.16. The highest BCUT2D eigenvalue weighted by molar-refractivity contribution is 9.10. The van der Waals surface area contributed by atoms with E-state index in [1.807, 2.05) is 25.1 Å². The minimum atomic E-state index is -0.872. The van der Waals surface area contributed by atoms with Gasteiger partial charge in [-0.3, -0.25) is 0 Å². The maximum absolute atomic E-state index is 13.4. The van der Waals surface area contributed by atoms with E-state index in [4.69, 9.17) is 11.6 Å². The maximum atomic E-state index is 13.4. The molecule has 0 saturated heterocycles. The highest BCUT2D eigenvalue weighted by Crippen LogP contribution is 2.32. The molecule has 0 spiro atoms. The predicted molar refractivity (Wildman–Crippen MR) is 79.1 cm³/mol. The quantitative estimate of drug-likeness (QED) is 0.819. The van der Waals surface area contributed by atoms with Gasteiger partial charge in [0.2, 0.25) is 0 Å². The zero-order valence-electron chi connectivity index (χ0n) is 10.5. The first-order valence-corrected chi connectivity index (χ1v) is 6.96. The summed E-state index contributed by atoms with van der Waals surface area (Å²) in [4.78, 5) is 0.